The lowest BCUT2D eigenvalue weighted by Crippen LogP contribution is -2.44. The van der Waals surface area contributed by atoms with Gasteiger partial charge in [-0.25, -0.2) is 0 Å². The molecule has 17 heavy (non-hydrogen) atoms. The first-order chi connectivity index (χ1) is 7.93. The Bertz CT molecular complexity index is 256. The molecule has 0 aliphatic carbocycles. The van der Waals surface area contributed by atoms with Crippen molar-refractivity contribution in [2.24, 2.45) is 5.92 Å². The van der Waals surface area contributed by atoms with Crippen molar-refractivity contribution in [2.45, 2.75) is 32.7 Å². The highest BCUT2D eigenvalue weighted by Crippen LogP contribution is 2.10. The van der Waals surface area contributed by atoms with E-state index in [9.17, 15) is 9.59 Å². The molecule has 0 radical (unpaired) electrons. The van der Waals surface area contributed by atoms with Crippen LogP contribution in [0.25, 0.3) is 0 Å². The molecule has 0 bridgehead atoms. The molecule has 6 nitrogen and oxygen atoms in total. The van der Waals surface area contributed by atoms with Crippen molar-refractivity contribution >= 4 is 11.9 Å². The smallest absolute Gasteiger partial charge is 0.320 e. The second kappa shape index (κ2) is 8.03. The van der Waals surface area contributed by atoms with Gasteiger partial charge in [0.15, 0.2) is 0 Å². The number of carboxylic acid groups (broad SMARTS) is 2. The minimum atomic E-state index is -0.956. The Balaban J connectivity index is 4.60. The molecular formula is C11H21NO5. The Morgan fingerprint density at radius 1 is 1.24 bits per heavy atom. The molecule has 0 rings (SSSR count). The first-order valence-electron chi connectivity index (χ1n) is 5.74. The summed E-state index contributed by atoms with van der Waals surface area (Å²) in [5.41, 5.74) is 0. The van der Waals surface area contributed by atoms with Crippen molar-refractivity contribution in [3.8, 4) is 0 Å². The molecule has 0 heterocycles. The molecule has 3 N–H and O–H groups in total. The number of carbonyl (C=O) groups is 2. The average molecular weight is 247 g/mol. The van der Waals surface area contributed by atoms with E-state index in [0.29, 0.717) is 19.4 Å². The highest BCUT2D eigenvalue weighted by Gasteiger charge is 2.26. The molecular weight excluding hydrogens is 226 g/mol. The molecule has 0 spiro atoms. The predicted molar refractivity (Wildman–Crippen MR) is 61.8 cm³/mol. The van der Waals surface area contributed by atoms with Crippen molar-refractivity contribution in [1.29, 1.82) is 0 Å². The number of aliphatic hydroxyl groups is 1. The Morgan fingerprint density at radius 3 is 2.18 bits per heavy atom. The second-order valence-electron chi connectivity index (χ2n) is 4.07. The molecule has 0 aromatic rings. The monoisotopic (exact) mass is 247 g/mol. The third-order valence-corrected chi connectivity index (χ3v) is 2.65. The fraction of sp³-hybridized carbons (Fsp3) is 0.818. The highest BCUT2D eigenvalue weighted by molar-refractivity contribution is 5.74. The number of aliphatic carboxylic acids is 2. The predicted octanol–water partition coefficient (Wildman–Crippen LogP) is 0.255. The maximum absolute atomic E-state index is 11.0. The van der Waals surface area contributed by atoms with Gasteiger partial charge in [-0.1, -0.05) is 13.8 Å². The SMILES string of the molecule is CCC(C(=O)O)N(CCCO)CC(C)C(=O)O. The zero-order valence-corrected chi connectivity index (χ0v) is 10.3. The van der Waals surface area contributed by atoms with Crippen LogP contribution in [0.3, 0.4) is 0 Å². The lowest BCUT2D eigenvalue weighted by atomic mass is 10.1. The van der Waals surface area contributed by atoms with Crippen LogP contribution in [0.2, 0.25) is 0 Å². The number of hydrogen-bond donors (Lipinski definition) is 3. The van der Waals surface area contributed by atoms with Gasteiger partial charge in [-0.15, -0.1) is 0 Å². The van der Waals surface area contributed by atoms with Crippen molar-refractivity contribution in [2.75, 3.05) is 19.7 Å². The zero-order chi connectivity index (χ0) is 13.4. The maximum atomic E-state index is 11.0. The van der Waals surface area contributed by atoms with Crippen LogP contribution in [0.4, 0.5) is 0 Å². The van der Waals surface area contributed by atoms with Crippen LogP contribution in [-0.2, 0) is 9.59 Å². The van der Waals surface area contributed by atoms with Gasteiger partial charge >= 0.3 is 11.9 Å². The number of carboxylic acids is 2. The Hall–Kier alpha value is -1.14. The molecule has 0 amide bonds. The van der Waals surface area contributed by atoms with Gasteiger partial charge in [0, 0.05) is 19.7 Å². The van der Waals surface area contributed by atoms with Gasteiger partial charge in [0.05, 0.1) is 5.92 Å². The molecule has 0 aromatic carbocycles. The van der Waals surface area contributed by atoms with E-state index in [2.05, 4.69) is 0 Å². The molecule has 2 atom stereocenters. The number of hydrogen-bond acceptors (Lipinski definition) is 4. The van der Waals surface area contributed by atoms with Gasteiger partial charge in [0.25, 0.3) is 0 Å². The largest absolute Gasteiger partial charge is 0.481 e. The van der Waals surface area contributed by atoms with Crippen LogP contribution < -0.4 is 0 Å². The molecule has 0 aliphatic rings. The summed E-state index contributed by atoms with van der Waals surface area (Å²) < 4.78 is 0. The van der Waals surface area contributed by atoms with Crippen LogP contribution in [0.5, 0.6) is 0 Å². The molecule has 2 unspecified atom stereocenters. The number of rotatable bonds is 9. The third-order valence-electron chi connectivity index (χ3n) is 2.65. The maximum Gasteiger partial charge on any atom is 0.320 e. The minimum Gasteiger partial charge on any atom is -0.481 e. The summed E-state index contributed by atoms with van der Waals surface area (Å²) in [5, 5.41) is 26.6. The number of nitrogens with zero attached hydrogens (tertiary/aromatic N) is 1. The average Bonchev–Trinajstić information content (AvgIpc) is 2.25. The standard InChI is InChI=1S/C11H21NO5/c1-3-9(11(16)17)12(5-4-6-13)7-8(2)10(14)15/h8-9,13H,3-7H2,1-2H3,(H,14,15)(H,16,17). The van der Waals surface area contributed by atoms with Crippen molar-refractivity contribution in [3.63, 3.8) is 0 Å². The molecule has 0 aromatic heterocycles. The Labute approximate surface area is 101 Å². The van der Waals surface area contributed by atoms with E-state index in [4.69, 9.17) is 15.3 Å². The van der Waals surface area contributed by atoms with E-state index in [1.54, 1.807) is 18.7 Å². The normalized spacial score (nSPS) is 14.6. The van der Waals surface area contributed by atoms with Crippen molar-refractivity contribution in [1.82, 2.24) is 4.90 Å². The summed E-state index contributed by atoms with van der Waals surface area (Å²) in [6.45, 7) is 3.83. The Morgan fingerprint density at radius 2 is 1.82 bits per heavy atom. The molecule has 0 saturated carbocycles. The number of aliphatic hydroxyl groups excluding tert-OH is 1. The summed E-state index contributed by atoms with van der Waals surface area (Å²) in [4.78, 5) is 23.4. The van der Waals surface area contributed by atoms with E-state index in [0.717, 1.165) is 0 Å². The van der Waals surface area contributed by atoms with Gasteiger partial charge in [-0.2, -0.15) is 0 Å². The summed E-state index contributed by atoms with van der Waals surface area (Å²) in [6, 6.07) is -0.691. The van der Waals surface area contributed by atoms with E-state index >= 15 is 0 Å². The third kappa shape index (κ3) is 5.65. The lowest BCUT2D eigenvalue weighted by molar-refractivity contribution is -0.147. The van der Waals surface area contributed by atoms with E-state index < -0.39 is 23.9 Å². The van der Waals surface area contributed by atoms with Gasteiger partial charge in [-0.3, -0.25) is 14.5 Å². The van der Waals surface area contributed by atoms with Gasteiger partial charge in [0.1, 0.15) is 6.04 Å². The van der Waals surface area contributed by atoms with Gasteiger partial charge in [-0.05, 0) is 12.8 Å². The Kier molecular flexibility index (Phi) is 7.49. The quantitative estimate of drug-likeness (QED) is 0.540. The molecule has 0 aliphatic heterocycles. The van der Waals surface area contributed by atoms with E-state index in [-0.39, 0.29) is 13.2 Å². The summed E-state index contributed by atoms with van der Waals surface area (Å²) >= 11 is 0. The first kappa shape index (κ1) is 15.9. The van der Waals surface area contributed by atoms with Crippen LogP contribution in [0.15, 0.2) is 0 Å². The fourth-order valence-corrected chi connectivity index (χ4v) is 1.67. The van der Waals surface area contributed by atoms with Crippen molar-refractivity contribution in [3.05, 3.63) is 0 Å². The lowest BCUT2D eigenvalue weighted by Gasteiger charge is -2.29. The highest BCUT2D eigenvalue weighted by atomic mass is 16.4. The van der Waals surface area contributed by atoms with Crippen LogP contribution in [-0.4, -0.2) is 57.9 Å². The second-order valence-corrected chi connectivity index (χ2v) is 4.07. The van der Waals surface area contributed by atoms with Gasteiger partial charge in [0.2, 0.25) is 0 Å². The minimum absolute atomic E-state index is 0.0337. The molecule has 6 heteroatoms. The van der Waals surface area contributed by atoms with Gasteiger partial charge < -0.3 is 15.3 Å². The summed E-state index contributed by atoms with van der Waals surface area (Å²) in [5.74, 6) is -2.52. The van der Waals surface area contributed by atoms with Crippen LogP contribution >= 0.6 is 0 Å². The summed E-state index contributed by atoms with van der Waals surface area (Å²) in [7, 11) is 0. The zero-order valence-electron chi connectivity index (χ0n) is 10.3. The van der Waals surface area contributed by atoms with Crippen LogP contribution in [0, 0.1) is 5.92 Å². The molecule has 0 fully saturated rings. The van der Waals surface area contributed by atoms with E-state index in [1.165, 1.54) is 0 Å². The van der Waals surface area contributed by atoms with Crippen molar-refractivity contribution < 1.29 is 24.9 Å². The molecule has 0 saturated heterocycles. The summed E-state index contributed by atoms with van der Waals surface area (Å²) in [6.07, 6.45) is 0.850. The van der Waals surface area contributed by atoms with E-state index in [1.807, 2.05) is 0 Å². The molecule has 100 valence electrons. The topological polar surface area (TPSA) is 98.1 Å². The fourth-order valence-electron chi connectivity index (χ4n) is 1.67. The van der Waals surface area contributed by atoms with Crippen LogP contribution in [0.1, 0.15) is 26.7 Å². The first-order valence-corrected chi connectivity index (χ1v) is 5.74.